The van der Waals surface area contributed by atoms with Crippen molar-refractivity contribution in [3.05, 3.63) is 169 Å². The Hall–Kier alpha value is -6.33. The number of fused-ring (bicyclic) bond motifs is 6. The number of nitrogens with zero attached hydrogens (tertiary/aromatic N) is 5. The van der Waals surface area contributed by atoms with E-state index in [1.807, 2.05) is 24.4 Å². The summed E-state index contributed by atoms with van der Waals surface area (Å²) in [6.45, 7) is 8.65. The lowest BCUT2D eigenvalue weighted by Gasteiger charge is -2.18. The molecule has 5 heteroatoms. The van der Waals surface area contributed by atoms with Gasteiger partial charge < -0.3 is 9.13 Å². The molecule has 5 nitrogen and oxygen atoms in total. The smallest absolute Gasteiger partial charge is 0.115 e. The lowest BCUT2D eigenvalue weighted by molar-refractivity contribution is 0.584. The van der Waals surface area contributed by atoms with Gasteiger partial charge in [-0.1, -0.05) is 98.8 Å². The molecule has 8 aromatic rings. The number of rotatable bonds is 7. The fourth-order valence-corrected chi connectivity index (χ4v) is 7.62. The van der Waals surface area contributed by atoms with Gasteiger partial charge in [0, 0.05) is 44.4 Å². The molecule has 0 spiro atoms. The van der Waals surface area contributed by atoms with Crippen molar-refractivity contribution in [1.29, 1.82) is 0 Å². The van der Waals surface area contributed by atoms with Gasteiger partial charge in [-0.05, 0) is 78.5 Å². The summed E-state index contributed by atoms with van der Waals surface area (Å²) in [7, 11) is 0. The second kappa shape index (κ2) is 11.7. The van der Waals surface area contributed by atoms with Gasteiger partial charge in [0.2, 0.25) is 0 Å². The summed E-state index contributed by atoms with van der Waals surface area (Å²) in [5.41, 5.74) is 11.5. The molecule has 0 saturated carbocycles. The minimum absolute atomic E-state index is 0.227. The predicted molar refractivity (Wildman–Crippen MR) is 209 cm³/mol. The van der Waals surface area contributed by atoms with Gasteiger partial charge in [0.1, 0.15) is 6.67 Å². The molecule has 3 aromatic heterocycles. The first-order valence-electron chi connectivity index (χ1n) is 17.0. The number of para-hydroxylation sites is 3. The third kappa shape index (κ3) is 4.73. The van der Waals surface area contributed by atoms with Crippen molar-refractivity contribution in [1.82, 2.24) is 14.1 Å². The summed E-state index contributed by atoms with van der Waals surface area (Å²) in [6, 6.07) is 47.5. The van der Waals surface area contributed by atoms with E-state index in [1.54, 1.807) is 0 Å². The maximum Gasteiger partial charge on any atom is 0.115 e. The molecule has 0 aliphatic heterocycles. The molecule has 0 fully saturated rings. The van der Waals surface area contributed by atoms with Crippen LogP contribution in [-0.4, -0.2) is 26.5 Å². The lowest BCUT2D eigenvalue weighted by atomic mass is 9.91. The van der Waals surface area contributed by atoms with Gasteiger partial charge in [-0.3, -0.25) is 15.0 Å². The van der Waals surface area contributed by atoms with Crippen LogP contribution in [0.3, 0.4) is 0 Å². The van der Waals surface area contributed by atoms with Crippen molar-refractivity contribution < 1.29 is 0 Å². The molecule has 0 bridgehead atoms. The second-order valence-electron chi connectivity index (χ2n) is 13.4. The van der Waals surface area contributed by atoms with Crippen LogP contribution in [0.1, 0.15) is 19.5 Å². The SMILES string of the molecule is C=NC1=C(/C(=N\Cn2c3ccccc3c3cc(-c4ccc5c(c4)c4ccccc4n5-c4ccccc4)ccc32)c2ccccn2)C=CC1(C)C. The molecular formula is C45H35N5. The van der Waals surface area contributed by atoms with Crippen LogP contribution in [0.25, 0.3) is 60.4 Å². The zero-order valence-electron chi connectivity index (χ0n) is 28.1. The molecule has 50 heavy (non-hydrogen) atoms. The van der Waals surface area contributed by atoms with Crippen molar-refractivity contribution in [2.45, 2.75) is 20.5 Å². The van der Waals surface area contributed by atoms with E-state index < -0.39 is 0 Å². The first kappa shape index (κ1) is 29.8. The van der Waals surface area contributed by atoms with Crippen molar-refractivity contribution in [3.8, 4) is 16.8 Å². The van der Waals surface area contributed by atoms with Crippen LogP contribution in [0.2, 0.25) is 0 Å². The minimum Gasteiger partial charge on any atom is -0.320 e. The topological polar surface area (TPSA) is 47.5 Å². The molecule has 240 valence electrons. The molecule has 1 aliphatic carbocycles. The average molecular weight is 646 g/mol. The van der Waals surface area contributed by atoms with Crippen LogP contribution in [0.15, 0.2) is 173 Å². The van der Waals surface area contributed by atoms with E-state index in [4.69, 9.17) is 9.98 Å². The highest BCUT2D eigenvalue weighted by atomic mass is 15.1. The highest BCUT2D eigenvalue weighted by Gasteiger charge is 2.30. The van der Waals surface area contributed by atoms with E-state index in [1.165, 1.54) is 43.7 Å². The third-order valence-corrected chi connectivity index (χ3v) is 10.0. The molecule has 0 amide bonds. The monoisotopic (exact) mass is 645 g/mol. The summed E-state index contributed by atoms with van der Waals surface area (Å²) in [5.74, 6) is 0. The first-order chi connectivity index (χ1) is 24.5. The van der Waals surface area contributed by atoms with Gasteiger partial charge in [-0.2, -0.15) is 0 Å². The van der Waals surface area contributed by atoms with Gasteiger partial charge in [-0.25, -0.2) is 0 Å². The highest BCUT2D eigenvalue weighted by molar-refractivity contribution is 6.15. The molecule has 0 unspecified atom stereocenters. The number of aromatic nitrogens is 3. The van der Waals surface area contributed by atoms with Crippen molar-refractivity contribution in [3.63, 3.8) is 0 Å². The second-order valence-corrected chi connectivity index (χ2v) is 13.4. The normalized spacial score (nSPS) is 14.5. The summed E-state index contributed by atoms with van der Waals surface area (Å²) in [5, 5.41) is 4.90. The molecule has 9 rings (SSSR count). The largest absolute Gasteiger partial charge is 0.320 e. The number of aliphatic imine (C=N–C) groups is 2. The van der Waals surface area contributed by atoms with E-state index in [0.29, 0.717) is 6.67 Å². The van der Waals surface area contributed by atoms with Gasteiger partial charge in [-0.15, -0.1) is 0 Å². The van der Waals surface area contributed by atoms with Crippen molar-refractivity contribution in [2.75, 3.05) is 0 Å². The maximum absolute atomic E-state index is 5.27. The quantitative estimate of drug-likeness (QED) is 0.159. The Kier molecular flexibility index (Phi) is 6.95. The molecule has 0 N–H and O–H groups in total. The Bertz CT molecular complexity index is 2700. The van der Waals surface area contributed by atoms with Crippen LogP contribution in [0, 0.1) is 5.41 Å². The minimum atomic E-state index is -0.227. The Morgan fingerprint density at radius 1 is 0.660 bits per heavy atom. The van der Waals surface area contributed by atoms with Gasteiger partial charge in [0.05, 0.1) is 39.2 Å². The summed E-state index contributed by atoms with van der Waals surface area (Å²) in [6.07, 6.45) is 6.10. The van der Waals surface area contributed by atoms with Gasteiger partial charge in [0.25, 0.3) is 0 Å². The van der Waals surface area contributed by atoms with Gasteiger partial charge in [0.15, 0.2) is 0 Å². The van der Waals surface area contributed by atoms with Crippen LogP contribution in [-0.2, 0) is 6.67 Å². The number of hydrogen-bond acceptors (Lipinski definition) is 3. The van der Waals surface area contributed by atoms with Crippen LogP contribution >= 0.6 is 0 Å². The number of allylic oxidation sites excluding steroid dienone is 3. The molecule has 3 heterocycles. The standard InChI is InChI=1S/C45H35N5/c1-45(2)25-24-35(44(45)46-3)43(38-17-11-12-26-47-38)48-29-49-39-18-9-7-15-33(39)36-27-30(20-22-40(36)49)31-21-23-42-37(28-31)34-16-8-10-19-41(34)50(42)32-13-5-4-6-14-32/h4-28H,3,29H2,1-2H3/b48-43+. The average Bonchev–Trinajstić information content (AvgIpc) is 3.78. The fourth-order valence-electron chi connectivity index (χ4n) is 7.62. The van der Waals surface area contributed by atoms with Gasteiger partial charge >= 0.3 is 0 Å². The Balaban J connectivity index is 1.18. The first-order valence-corrected chi connectivity index (χ1v) is 17.0. The predicted octanol–water partition coefficient (Wildman–Crippen LogP) is 11.0. The summed E-state index contributed by atoms with van der Waals surface area (Å²) in [4.78, 5) is 14.4. The fraction of sp³-hybridized carbons (Fsp3) is 0.0889. The van der Waals surface area contributed by atoms with E-state index in [-0.39, 0.29) is 5.41 Å². The molecule has 0 radical (unpaired) electrons. The zero-order valence-corrected chi connectivity index (χ0v) is 28.1. The highest BCUT2D eigenvalue weighted by Crippen LogP contribution is 2.40. The number of benzene rings is 5. The van der Waals surface area contributed by atoms with E-state index in [2.05, 4.69) is 162 Å². The zero-order chi connectivity index (χ0) is 33.8. The van der Waals surface area contributed by atoms with Crippen molar-refractivity contribution >= 4 is 56.0 Å². The molecule has 5 aromatic carbocycles. The number of pyridine rings is 1. The summed E-state index contributed by atoms with van der Waals surface area (Å²) < 4.78 is 4.66. The van der Waals surface area contributed by atoms with Crippen molar-refractivity contribution in [2.24, 2.45) is 15.4 Å². The molecular weight excluding hydrogens is 611 g/mol. The Morgan fingerprint density at radius 2 is 1.26 bits per heavy atom. The van der Waals surface area contributed by atoms with Crippen LogP contribution in [0.4, 0.5) is 0 Å². The molecule has 1 aliphatic rings. The van der Waals surface area contributed by atoms with Crippen LogP contribution < -0.4 is 0 Å². The van der Waals surface area contributed by atoms with E-state index in [0.717, 1.165) is 39.4 Å². The van der Waals surface area contributed by atoms with E-state index >= 15 is 0 Å². The molecule has 0 atom stereocenters. The third-order valence-electron chi connectivity index (χ3n) is 10.0. The maximum atomic E-state index is 5.27. The Morgan fingerprint density at radius 3 is 1.98 bits per heavy atom. The van der Waals surface area contributed by atoms with E-state index in [9.17, 15) is 0 Å². The lowest BCUT2D eigenvalue weighted by Crippen LogP contribution is -2.13. The van der Waals surface area contributed by atoms with Crippen LogP contribution in [0.5, 0.6) is 0 Å². The Labute approximate surface area is 290 Å². The number of hydrogen-bond donors (Lipinski definition) is 0. The molecule has 0 saturated heterocycles. The summed E-state index contributed by atoms with van der Waals surface area (Å²) >= 11 is 0.